The van der Waals surface area contributed by atoms with Gasteiger partial charge in [-0.15, -0.1) is 24.0 Å². The minimum absolute atomic E-state index is 0. The van der Waals surface area contributed by atoms with Crippen LogP contribution >= 0.6 is 24.0 Å². The lowest BCUT2D eigenvalue weighted by molar-refractivity contribution is 0.1000. The molecule has 1 atom stereocenters. The predicted molar refractivity (Wildman–Crippen MR) is 110 cm³/mol. The summed E-state index contributed by atoms with van der Waals surface area (Å²) < 4.78 is 0. The van der Waals surface area contributed by atoms with Crippen LogP contribution in [-0.2, 0) is 6.54 Å². The lowest BCUT2D eigenvalue weighted by Gasteiger charge is -2.22. The van der Waals surface area contributed by atoms with Gasteiger partial charge < -0.3 is 16.0 Å². The zero-order valence-electron chi connectivity index (χ0n) is 14.8. The number of hydrogen-bond acceptors (Lipinski definition) is 2. The second-order valence-corrected chi connectivity index (χ2v) is 6.70. The van der Waals surface area contributed by atoms with E-state index >= 15 is 0 Å². The first-order valence-corrected chi connectivity index (χ1v) is 8.34. The number of benzene rings is 1. The van der Waals surface area contributed by atoms with E-state index in [0.717, 1.165) is 36.4 Å². The summed E-state index contributed by atoms with van der Waals surface area (Å²) in [4.78, 5) is 18.0. The number of amides is 1. The Kier molecular flexibility index (Phi) is 8.52. The van der Waals surface area contributed by atoms with E-state index in [4.69, 9.17) is 5.73 Å². The Bertz CT molecular complexity index is 574. The SMILES string of the molecule is CN=C(NCc1cccc(C(N)=O)c1)N1CCC(CC(C)C)C1.I. The first kappa shape index (κ1) is 20.7. The molecule has 1 fully saturated rings. The smallest absolute Gasteiger partial charge is 0.248 e. The van der Waals surface area contributed by atoms with Gasteiger partial charge in [-0.3, -0.25) is 9.79 Å². The molecule has 3 N–H and O–H groups in total. The van der Waals surface area contributed by atoms with E-state index < -0.39 is 5.91 Å². The molecule has 24 heavy (non-hydrogen) atoms. The number of nitrogens with two attached hydrogens (primary N) is 1. The van der Waals surface area contributed by atoms with Crippen LogP contribution in [0.3, 0.4) is 0 Å². The third kappa shape index (κ3) is 5.96. The monoisotopic (exact) mass is 444 g/mol. The highest BCUT2D eigenvalue weighted by Gasteiger charge is 2.25. The van der Waals surface area contributed by atoms with E-state index in [0.29, 0.717) is 12.1 Å². The van der Waals surface area contributed by atoms with Gasteiger partial charge in [0.05, 0.1) is 0 Å². The van der Waals surface area contributed by atoms with Crippen molar-refractivity contribution >= 4 is 35.8 Å². The van der Waals surface area contributed by atoms with Crippen molar-refractivity contribution in [2.24, 2.45) is 22.6 Å². The van der Waals surface area contributed by atoms with E-state index in [-0.39, 0.29) is 24.0 Å². The van der Waals surface area contributed by atoms with E-state index in [2.05, 4.69) is 29.1 Å². The number of guanidine groups is 1. The summed E-state index contributed by atoms with van der Waals surface area (Å²) in [6, 6.07) is 7.40. The number of nitrogens with one attached hydrogen (secondary N) is 1. The minimum atomic E-state index is -0.396. The van der Waals surface area contributed by atoms with Crippen molar-refractivity contribution in [2.45, 2.75) is 33.2 Å². The number of likely N-dealkylation sites (tertiary alicyclic amines) is 1. The third-order valence-electron chi connectivity index (χ3n) is 4.26. The average molecular weight is 444 g/mol. The molecule has 1 amide bonds. The lowest BCUT2D eigenvalue weighted by Crippen LogP contribution is -2.39. The quantitative estimate of drug-likeness (QED) is 0.417. The van der Waals surface area contributed by atoms with Gasteiger partial charge in [0.15, 0.2) is 5.96 Å². The molecule has 1 heterocycles. The van der Waals surface area contributed by atoms with Crippen LogP contribution in [0.25, 0.3) is 0 Å². The van der Waals surface area contributed by atoms with Gasteiger partial charge in [0.25, 0.3) is 0 Å². The summed E-state index contributed by atoms with van der Waals surface area (Å²) >= 11 is 0. The first-order chi connectivity index (χ1) is 11.0. The van der Waals surface area contributed by atoms with Gasteiger partial charge in [-0.1, -0.05) is 26.0 Å². The van der Waals surface area contributed by atoms with Gasteiger partial charge >= 0.3 is 0 Å². The fourth-order valence-corrected chi connectivity index (χ4v) is 3.23. The Hall–Kier alpha value is -1.31. The molecule has 0 aliphatic carbocycles. The molecule has 0 saturated carbocycles. The van der Waals surface area contributed by atoms with Crippen molar-refractivity contribution in [3.05, 3.63) is 35.4 Å². The molecule has 5 nitrogen and oxygen atoms in total. The molecule has 0 aromatic heterocycles. The molecule has 0 radical (unpaired) electrons. The van der Waals surface area contributed by atoms with Gasteiger partial charge in [0, 0.05) is 32.2 Å². The predicted octanol–water partition coefficient (Wildman–Crippen LogP) is 2.85. The third-order valence-corrected chi connectivity index (χ3v) is 4.26. The molecule has 6 heteroatoms. The van der Waals surface area contributed by atoms with Gasteiger partial charge in [-0.2, -0.15) is 0 Å². The number of aliphatic imine (C=N–C) groups is 1. The fourth-order valence-electron chi connectivity index (χ4n) is 3.23. The maximum Gasteiger partial charge on any atom is 0.248 e. The van der Waals surface area contributed by atoms with Crippen molar-refractivity contribution in [3.8, 4) is 0 Å². The Morgan fingerprint density at radius 2 is 2.21 bits per heavy atom. The number of hydrogen-bond donors (Lipinski definition) is 2. The average Bonchev–Trinajstić information content (AvgIpc) is 2.95. The highest BCUT2D eigenvalue weighted by molar-refractivity contribution is 14.0. The van der Waals surface area contributed by atoms with E-state index in [1.54, 1.807) is 6.07 Å². The van der Waals surface area contributed by atoms with Crippen molar-refractivity contribution in [1.82, 2.24) is 10.2 Å². The largest absolute Gasteiger partial charge is 0.366 e. The number of carbonyl (C=O) groups is 1. The van der Waals surface area contributed by atoms with E-state index in [1.807, 2.05) is 25.2 Å². The normalized spacial score (nSPS) is 17.8. The molecular formula is C18H29IN4O. The van der Waals surface area contributed by atoms with E-state index in [9.17, 15) is 4.79 Å². The maximum absolute atomic E-state index is 11.3. The Morgan fingerprint density at radius 1 is 1.46 bits per heavy atom. The zero-order chi connectivity index (χ0) is 16.8. The highest BCUT2D eigenvalue weighted by Crippen LogP contribution is 2.23. The summed E-state index contributed by atoms with van der Waals surface area (Å²) in [5, 5.41) is 3.39. The number of nitrogens with zero attached hydrogens (tertiary/aromatic N) is 2. The summed E-state index contributed by atoms with van der Waals surface area (Å²) in [5.74, 6) is 2.03. The molecule has 0 bridgehead atoms. The lowest BCUT2D eigenvalue weighted by atomic mass is 9.97. The van der Waals surface area contributed by atoms with Crippen molar-refractivity contribution in [2.75, 3.05) is 20.1 Å². The van der Waals surface area contributed by atoms with Crippen LogP contribution in [0.4, 0.5) is 0 Å². The highest BCUT2D eigenvalue weighted by atomic mass is 127. The minimum Gasteiger partial charge on any atom is -0.366 e. The van der Waals surface area contributed by atoms with Crippen LogP contribution in [0, 0.1) is 11.8 Å². The fraction of sp³-hybridized carbons (Fsp3) is 0.556. The summed E-state index contributed by atoms with van der Waals surface area (Å²) in [7, 11) is 1.82. The summed E-state index contributed by atoms with van der Waals surface area (Å²) in [6.07, 6.45) is 2.50. The van der Waals surface area contributed by atoms with Crippen LogP contribution in [0.1, 0.15) is 42.6 Å². The zero-order valence-corrected chi connectivity index (χ0v) is 17.1. The van der Waals surface area contributed by atoms with E-state index in [1.165, 1.54) is 12.8 Å². The standard InChI is InChI=1S/C18H28N4O.HI/c1-13(2)9-15-7-8-22(12-15)18(20-3)21-11-14-5-4-6-16(10-14)17(19)23;/h4-6,10,13,15H,7-9,11-12H2,1-3H3,(H2,19,23)(H,20,21);1H. The molecule has 1 aliphatic rings. The molecule has 1 aromatic rings. The molecule has 134 valence electrons. The topological polar surface area (TPSA) is 70.7 Å². The van der Waals surface area contributed by atoms with Gasteiger partial charge in [-0.25, -0.2) is 0 Å². The second-order valence-electron chi connectivity index (χ2n) is 6.70. The maximum atomic E-state index is 11.3. The van der Waals surface area contributed by atoms with Gasteiger partial charge in [0.2, 0.25) is 5.91 Å². The van der Waals surface area contributed by atoms with Crippen molar-refractivity contribution < 1.29 is 4.79 Å². The van der Waals surface area contributed by atoms with Gasteiger partial charge in [0.1, 0.15) is 0 Å². The van der Waals surface area contributed by atoms with Crippen LogP contribution in [-0.4, -0.2) is 36.9 Å². The molecule has 1 saturated heterocycles. The Balaban J connectivity index is 0.00000288. The summed E-state index contributed by atoms with van der Waals surface area (Å²) in [6.45, 7) is 7.32. The molecule has 2 rings (SSSR count). The van der Waals surface area contributed by atoms with Crippen LogP contribution in [0.2, 0.25) is 0 Å². The van der Waals surface area contributed by atoms with Crippen molar-refractivity contribution in [3.63, 3.8) is 0 Å². The summed E-state index contributed by atoms with van der Waals surface area (Å²) in [5.41, 5.74) is 6.90. The van der Waals surface area contributed by atoms with Crippen molar-refractivity contribution in [1.29, 1.82) is 0 Å². The van der Waals surface area contributed by atoms with Gasteiger partial charge in [-0.05, 0) is 42.4 Å². The van der Waals surface area contributed by atoms with Crippen LogP contribution in [0.5, 0.6) is 0 Å². The molecule has 1 aromatic carbocycles. The molecular weight excluding hydrogens is 415 g/mol. The Labute approximate surface area is 162 Å². The number of halogens is 1. The van der Waals surface area contributed by atoms with Crippen LogP contribution in [0.15, 0.2) is 29.3 Å². The first-order valence-electron chi connectivity index (χ1n) is 8.34. The Morgan fingerprint density at radius 3 is 2.83 bits per heavy atom. The number of rotatable bonds is 5. The van der Waals surface area contributed by atoms with Crippen LogP contribution < -0.4 is 11.1 Å². The number of primary amides is 1. The molecule has 1 aliphatic heterocycles. The number of carbonyl (C=O) groups excluding carboxylic acids is 1. The molecule has 1 unspecified atom stereocenters. The molecule has 0 spiro atoms. The second kappa shape index (κ2) is 9.86.